The highest BCUT2D eigenvalue weighted by Gasteiger charge is 2.37. The minimum absolute atomic E-state index is 0.0576. The first-order valence-electron chi connectivity index (χ1n) is 10.5. The Morgan fingerprint density at radius 1 is 1.24 bits per heavy atom. The highest BCUT2D eigenvalue weighted by atomic mass is 32.2. The van der Waals surface area contributed by atoms with Gasteiger partial charge in [-0.05, 0) is 49.5 Å². The van der Waals surface area contributed by atoms with Crippen molar-refractivity contribution in [2.75, 3.05) is 37.4 Å². The molecule has 2 aromatic rings. The molecule has 2 fully saturated rings. The molecule has 3 heterocycles. The molecule has 0 amide bonds. The van der Waals surface area contributed by atoms with Gasteiger partial charge in [-0.1, -0.05) is 6.92 Å². The van der Waals surface area contributed by atoms with Crippen LogP contribution in [0.4, 0.5) is 5.82 Å². The number of aliphatic hydroxyl groups is 1. The molecular weight excluding hydrogens is 390 g/mol. The predicted molar refractivity (Wildman–Crippen MR) is 113 cm³/mol. The third kappa shape index (κ3) is 4.13. The van der Waals surface area contributed by atoms with Crippen LogP contribution in [0.3, 0.4) is 0 Å². The van der Waals surface area contributed by atoms with Gasteiger partial charge in [0.1, 0.15) is 17.8 Å². The van der Waals surface area contributed by atoms with Crippen molar-refractivity contribution >= 4 is 26.9 Å². The molecule has 160 valence electrons. The molecule has 1 aliphatic carbocycles. The molecule has 0 bridgehead atoms. The number of H-pyrrole nitrogens is 1. The summed E-state index contributed by atoms with van der Waals surface area (Å²) in [6.07, 6.45) is 7.19. The predicted octanol–water partition coefficient (Wildman–Crippen LogP) is 1.84. The third-order valence-electron chi connectivity index (χ3n) is 6.84. The van der Waals surface area contributed by atoms with E-state index >= 15 is 0 Å². The smallest absolute Gasteiger partial charge is 0.214 e. The summed E-state index contributed by atoms with van der Waals surface area (Å²) >= 11 is 0. The number of nitrogens with one attached hydrogen (secondary N) is 1. The van der Waals surface area contributed by atoms with Crippen LogP contribution in [0.25, 0.3) is 11.0 Å². The van der Waals surface area contributed by atoms with Crippen molar-refractivity contribution in [3.63, 3.8) is 0 Å². The van der Waals surface area contributed by atoms with Gasteiger partial charge in [-0.15, -0.1) is 0 Å². The van der Waals surface area contributed by atoms with Crippen LogP contribution in [0.15, 0.2) is 18.6 Å². The van der Waals surface area contributed by atoms with Crippen molar-refractivity contribution in [2.45, 2.75) is 38.6 Å². The fourth-order valence-corrected chi connectivity index (χ4v) is 6.89. The number of hydrogen-bond donors (Lipinski definition) is 2. The average Bonchev–Trinajstić information content (AvgIpc) is 3.34. The zero-order valence-corrected chi connectivity index (χ0v) is 18.0. The summed E-state index contributed by atoms with van der Waals surface area (Å²) in [5.74, 6) is 1.63. The summed E-state index contributed by atoms with van der Waals surface area (Å²) in [7, 11) is -1.20. The second-order valence-corrected chi connectivity index (χ2v) is 10.8. The zero-order chi connectivity index (χ0) is 20.6. The van der Waals surface area contributed by atoms with Gasteiger partial charge in [0.2, 0.25) is 10.0 Å². The molecule has 2 aromatic heterocycles. The van der Waals surface area contributed by atoms with E-state index in [0.29, 0.717) is 19.1 Å². The summed E-state index contributed by atoms with van der Waals surface area (Å²) in [5.41, 5.74) is 0.836. The molecule has 4 rings (SSSR count). The second-order valence-electron chi connectivity index (χ2n) is 8.74. The van der Waals surface area contributed by atoms with E-state index in [1.807, 2.05) is 19.2 Å². The van der Waals surface area contributed by atoms with Crippen LogP contribution in [0, 0.1) is 17.8 Å². The van der Waals surface area contributed by atoms with Crippen molar-refractivity contribution in [1.29, 1.82) is 0 Å². The van der Waals surface area contributed by atoms with Crippen molar-refractivity contribution in [2.24, 2.45) is 17.8 Å². The lowest BCUT2D eigenvalue weighted by molar-refractivity contribution is 0.210. The van der Waals surface area contributed by atoms with E-state index in [0.717, 1.165) is 42.5 Å². The van der Waals surface area contributed by atoms with Crippen LogP contribution in [0.5, 0.6) is 0 Å². The topological polar surface area (TPSA) is 102 Å². The van der Waals surface area contributed by atoms with Gasteiger partial charge in [-0.25, -0.2) is 22.7 Å². The van der Waals surface area contributed by atoms with Gasteiger partial charge >= 0.3 is 0 Å². The van der Waals surface area contributed by atoms with Crippen molar-refractivity contribution in [1.82, 2.24) is 19.3 Å². The highest BCUT2D eigenvalue weighted by molar-refractivity contribution is 7.89. The van der Waals surface area contributed by atoms with E-state index < -0.39 is 10.0 Å². The quantitative estimate of drug-likeness (QED) is 0.738. The Morgan fingerprint density at radius 3 is 2.69 bits per heavy atom. The summed E-state index contributed by atoms with van der Waals surface area (Å²) in [5, 5.41) is 10.4. The molecule has 9 heteroatoms. The Bertz CT molecular complexity index is 938. The molecule has 29 heavy (non-hydrogen) atoms. The Labute approximate surface area is 172 Å². The van der Waals surface area contributed by atoms with Crippen LogP contribution in [-0.4, -0.2) is 71.3 Å². The molecule has 2 unspecified atom stereocenters. The lowest BCUT2D eigenvalue weighted by Crippen LogP contribution is -2.39. The second kappa shape index (κ2) is 8.20. The first-order chi connectivity index (χ1) is 13.9. The van der Waals surface area contributed by atoms with E-state index in [-0.39, 0.29) is 30.1 Å². The molecule has 1 saturated heterocycles. The van der Waals surface area contributed by atoms with Gasteiger partial charge in [0.05, 0.1) is 11.1 Å². The van der Waals surface area contributed by atoms with E-state index in [2.05, 4.69) is 26.9 Å². The molecule has 1 aliphatic heterocycles. The van der Waals surface area contributed by atoms with Crippen LogP contribution in [0.2, 0.25) is 0 Å². The lowest BCUT2D eigenvalue weighted by atomic mass is 9.86. The molecule has 0 radical (unpaired) electrons. The summed E-state index contributed by atoms with van der Waals surface area (Å²) in [6, 6.07) is 2.35. The maximum Gasteiger partial charge on any atom is 0.214 e. The average molecular weight is 422 g/mol. The summed E-state index contributed by atoms with van der Waals surface area (Å²) < 4.78 is 27.3. The van der Waals surface area contributed by atoms with Gasteiger partial charge in [-0.3, -0.25) is 0 Å². The highest BCUT2D eigenvalue weighted by Crippen LogP contribution is 2.33. The molecule has 0 spiro atoms. The number of aliphatic hydroxyl groups excluding tert-OH is 1. The summed E-state index contributed by atoms with van der Waals surface area (Å²) in [4.78, 5) is 14.1. The number of nitrogens with zero attached hydrogens (tertiary/aromatic N) is 4. The third-order valence-corrected chi connectivity index (χ3v) is 8.82. The Hall–Kier alpha value is -1.71. The fraction of sp³-hybridized carbons (Fsp3) is 0.700. The van der Waals surface area contributed by atoms with Gasteiger partial charge in [0, 0.05) is 39.0 Å². The zero-order valence-electron chi connectivity index (χ0n) is 17.2. The largest absolute Gasteiger partial charge is 0.396 e. The minimum Gasteiger partial charge on any atom is -0.396 e. The van der Waals surface area contributed by atoms with E-state index in [9.17, 15) is 13.5 Å². The molecule has 1 saturated carbocycles. The number of hydrogen-bond acceptors (Lipinski definition) is 6. The number of anilines is 1. The molecule has 8 nitrogen and oxygen atoms in total. The Balaban J connectivity index is 1.35. The Kier molecular flexibility index (Phi) is 5.81. The molecular formula is C20H31N5O3S. The van der Waals surface area contributed by atoms with Gasteiger partial charge in [0.15, 0.2) is 0 Å². The number of fused-ring (bicyclic) bond motifs is 1. The van der Waals surface area contributed by atoms with Crippen LogP contribution < -0.4 is 4.90 Å². The number of rotatable bonds is 6. The van der Waals surface area contributed by atoms with E-state index in [1.54, 1.807) is 10.6 Å². The standard InChI is InChI=1S/C20H31N5O3S/c1-14-9-25(10-16(14)11-26)29(27,28)12-15-3-5-17(6-4-15)24(2)20-18-7-8-21-19(18)22-13-23-20/h7-8,13-17,26H,3-6,9-12H2,1-2H3,(H,21,22,23). The molecule has 2 N–H and O–H groups in total. The van der Waals surface area contributed by atoms with Gasteiger partial charge in [-0.2, -0.15) is 0 Å². The van der Waals surface area contributed by atoms with Crippen molar-refractivity contribution in [3.05, 3.63) is 18.6 Å². The first-order valence-corrected chi connectivity index (χ1v) is 12.1. The Morgan fingerprint density at radius 2 is 2.00 bits per heavy atom. The maximum atomic E-state index is 12.9. The van der Waals surface area contributed by atoms with Crippen LogP contribution >= 0.6 is 0 Å². The minimum atomic E-state index is -3.26. The lowest BCUT2D eigenvalue weighted by Gasteiger charge is -2.35. The van der Waals surface area contributed by atoms with Crippen molar-refractivity contribution in [3.8, 4) is 0 Å². The van der Waals surface area contributed by atoms with Crippen molar-refractivity contribution < 1.29 is 13.5 Å². The maximum absolute atomic E-state index is 12.9. The molecule has 2 atom stereocenters. The normalized spacial score (nSPS) is 28.8. The summed E-state index contributed by atoms with van der Waals surface area (Å²) in [6.45, 7) is 3.07. The first kappa shape index (κ1) is 20.6. The number of sulfonamides is 1. The number of aromatic nitrogens is 3. The molecule has 0 aromatic carbocycles. The van der Waals surface area contributed by atoms with Crippen LogP contribution in [-0.2, 0) is 10.0 Å². The van der Waals surface area contributed by atoms with Crippen LogP contribution in [0.1, 0.15) is 32.6 Å². The number of aromatic amines is 1. The van der Waals surface area contributed by atoms with Gasteiger partial charge in [0.25, 0.3) is 0 Å². The molecule has 2 aliphatic rings. The van der Waals surface area contributed by atoms with Gasteiger partial charge < -0.3 is 15.0 Å². The van der Waals surface area contributed by atoms with E-state index in [1.165, 1.54) is 0 Å². The monoisotopic (exact) mass is 421 g/mol. The fourth-order valence-electron chi connectivity index (χ4n) is 4.87. The van der Waals surface area contributed by atoms with E-state index in [4.69, 9.17) is 0 Å². The SMILES string of the molecule is CC1CN(S(=O)(=O)CC2CCC(N(C)c3ncnc4[nH]ccc34)CC2)CC1CO.